The van der Waals surface area contributed by atoms with Crippen LogP contribution in [0.5, 0.6) is 0 Å². The van der Waals surface area contributed by atoms with Gasteiger partial charge in [-0.1, -0.05) is 36.4 Å². The summed E-state index contributed by atoms with van der Waals surface area (Å²) in [5, 5.41) is 11.1. The van der Waals surface area contributed by atoms with Gasteiger partial charge in [-0.2, -0.15) is 0 Å². The fourth-order valence-electron chi connectivity index (χ4n) is 2.31. The molecule has 0 spiro atoms. The Bertz CT molecular complexity index is 866. The molecule has 0 bridgehead atoms. The summed E-state index contributed by atoms with van der Waals surface area (Å²) >= 11 is 0. The monoisotopic (exact) mass is 306 g/mol. The lowest BCUT2D eigenvalue weighted by Gasteiger charge is -2.06. The standard InChI is InChI=1S/C19H14O4/c20-18(21)15-7-9-16(10-8-15)19(22)23-12-13-5-6-14-3-1-2-4-17(14)11-13/h1-11H,12H2,(H,20,21). The van der Waals surface area contributed by atoms with Gasteiger partial charge in [-0.3, -0.25) is 0 Å². The van der Waals surface area contributed by atoms with Crippen molar-refractivity contribution in [2.24, 2.45) is 0 Å². The summed E-state index contributed by atoms with van der Waals surface area (Å²) in [4.78, 5) is 22.8. The quantitative estimate of drug-likeness (QED) is 0.743. The van der Waals surface area contributed by atoms with Crippen molar-refractivity contribution in [3.63, 3.8) is 0 Å². The zero-order chi connectivity index (χ0) is 16.2. The summed E-state index contributed by atoms with van der Waals surface area (Å²) < 4.78 is 5.28. The van der Waals surface area contributed by atoms with Crippen molar-refractivity contribution in [2.75, 3.05) is 0 Å². The number of ether oxygens (including phenoxy) is 1. The number of hydrogen-bond donors (Lipinski definition) is 1. The molecule has 0 saturated heterocycles. The van der Waals surface area contributed by atoms with Crippen molar-refractivity contribution in [1.29, 1.82) is 0 Å². The second-order valence-corrected chi connectivity index (χ2v) is 5.14. The molecule has 0 atom stereocenters. The van der Waals surface area contributed by atoms with E-state index in [1.807, 2.05) is 42.5 Å². The summed E-state index contributed by atoms with van der Waals surface area (Å²) in [6.07, 6.45) is 0. The first kappa shape index (κ1) is 14.8. The van der Waals surface area contributed by atoms with Crippen molar-refractivity contribution in [3.8, 4) is 0 Å². The van der Waals surface area contributed by atoms with Gasteiger partial charge in [0.25, 0.3) is 0 Å². The van der Waals surface area contributed by atoms with Gasteiger partial charge in [0, 0.05) is 0 Å². The Balaban J connectivity index is 1.68. The van der Waals surface area contributed by atoms with Gasteiger partial charge in [0.1, 0.15) is 6.61 Å². The number of carboxylic acids is 1. The maximum Gasteiger partial charge on any atom is 0.338 e. The largest absolute Gasteiger partial charge is 0.478 e. The van der Waals surface area contributed by atoms with Crippen molar-refractivity contribution in [2.45, 2.75) is 6.61 Å². The Hall–Kier alpha value is -3.14. The fourth-order valence-corrected chi connectivity index (χ4v) is 2.31. The normalized spacial score (nSPS) is 10.4. The van der Waals surface area contributed by atoms with Crippen molar-refractivity contribution in [1.82, 2.24) is 0 Å². The molecule has 3 rings (SSSR count). The second-order valence-electron chi connectivity index (χ2n) is 5.14. The Kier molecular flexibility index (Phi) is 4.06. The van der Waals surface area contributed by atoms with Gasteiger partial charge in [-0.25, -0.2) is 9.59 Å². The minimum Gasteiger partial charge on any atom is -0.478 e. The zero-order valence-corrected chi connectivity index (χ0v) is 12.2. The van der Waals surface area contributed by atoms with E-state index in [4.69, 9.17) is 9.84 Å². The highest BCUT2D eigenvalue weighted by Crippen LogP contribution is 2.16. The average Bonchev–Trinajstić information content (AvgIpc) is 2.59. The van der Waals surface area contributed by atoms with E-state index in [2.05, 4.69) is 0 Å². The van der Waals surface area contributed by atoms with Crippen LogP contribution in [0.2, 0.25) is 0 Å². The molecule has 0 heterocycles. The van der Waals surface area contributed by atoms with Crippen LogP contribution in [0, 0.1) is 0 Å². The molecule has 4 heteroatoms. The van der Waals surface area contributed by atoms with E-state index in [1.54, 1.807) is 0 Å². The molecule has 0 aliphatic rings. The third-order valence-corrected chi connectivity index (χ3v) is 3.55. The van der Waals surface area contributed by atoms with Crippen LogP contribution in [0.25, 0.3) is 10.8 Å². The molecule has 0 saturated carbocycles. The van der Waals surface area contributed by atoms with E-state index in [0.29, 0.717) is 5.56 Å². The minimum absolute atomic E-state index is 0.135. The van der Waals surface area contributed by atoms with Crippen LogP contribution in [-0.2, 0) is 11.3 Å². The zero-order valence-electron chi connectivity index (χ0n) is 12.2. The molecule has 0 aromatic heterocycles. The number of esters is 1. The number of rotatable bonds is 4. The first-order chi connectivity index (χ1) is 11.1. The third kappa shape index (κ3) is 3.37. The molecule has 0 aliphatic heterocycles. The topological polar surface area (TPSA) is 63.6 Å². The van der Waals surface area contributed by atoms with Gasteiger partial charge in [0.05, 0.1) is 11.1 Å². The number of hydrogen-bond acceptors (Lipinski definition) is 3. The maximum atomic E-state index is 12.0. The first-order valence-electron chi connectivity index (χ1n) is 7.11. The van der Waals surface area contributed by atoms with Crippen LogP contribution >= 0.6 is 0 Å². The highest BCUT2D eigenvalue weighted by molar-refractivity contribution is 5.92. The van der Waals surface area contributed by atoms with Gasteiger partial charge in [-0.05, 0) is 46.7 Å². The number of carbonyl (C=O) groups is 2. The molecule has 0 fully saturated rings. The Morgan fingerprint density at radius 1 is 0.826 bits per heavy atom. The summed E-state index contributed by atoms with van der Waals surface area (Å²) in [6, 6.07) is 19.5. The van der Waals surface area contributed by atoms with Crippen LogP contribution in [-0.4, -0.2) is 17.0 Å². The predicted octanol–water partition coefficient (Wildman–Crippen LogP) is 3.90. The number of benzene rings is 3. The van der Waals surface area contributed by atoms with Gasteiger partial charge in [-0.15, -0.1) is 0 Å². The predicted molar refractivity (Wildman–Crippen MR) is 86.5 cm³/mol. The summed E-state index contributed by atoms with van der Waals surface area (Å²) in [5.41, 5.74) is 1.37. The van der Waals surface area contributed by atoms with E-state index in [-0.39, 0.29) is 12.2 Å². The van der Waals surface area contributed by atoms with Crippen LogP contribution in [0.15, 0.2) is 66.7 Å². The molecule has 114 valence electrons. The lowest BCUT2D eigenvalue weighted by Crippen LogP contribution is -2.06. The van der Waals surface area contributed by atoms with E-state index >= 15 is 0 Å². The molecular weight excluding hydrogens is 292 g/mol. The van der Waals surface area contributed by atoms with E-state index < -0.39 is 11.9 Å². The Morgan fingerprint density at radius 3 is 2.17 bits per heavy atom. The molecule has 3 aromatic rings. The van der Waals surface area contributed by atoms with Crippen LogP contribution < -0.4 is 0 Å². The number of fused-ring (bicyclic) bond motifs is 1. The van der Waals surface area contributed by atoms with Gasteiger partial charge >= 0.3 is 11.9 Å². The van der Waals surface area contributed by atoms with Crippen molar-refractivity contribution < 1.29 is 19.4 Å². The van der Waals surface area contributed by atoms with E-state index in [1.165, 1.54) is 24.3 Å². The molecule has 0 radical (unpaired) electrons. The van der Waals surface area contributed by atoms with Crippen molar-refractivity contribution >= 4 is 22.7 Å². The summed E-state index contributed by atoms with van der Waals surface area (Å²) in [5.74, 6) is -1.50. The van der Waals surface area contributed by atoms with E-state index in [9.17, 15) is 9.59 Å². The second kappa shape index (κ2) is 6.32. The number of carboxylic acid groups (broad SMARTS) is 1. The molecule has 23 heavy (non-hydrogen) atoms. The average molecular weight is 306 g/mol. The highest BCUT2D eigenvalue weighted by atomic mass is 16.5. The molecule has 3 aromatic carbocycles. The van der Waals surface area contributed by atoms with Gasteiger partial charge in [0.15, 0.2) is 0 Å². The lowest BCUT2D eigenvalue weighted by atomic mass is 10.1. The van der Waals surface area contributed by atoms with Gasteiger partial charge < -0.3 is 9.84 Å². The van der Waals surface area contributed by atoms with Crippen LogP contribution in [0.1, 0.15) is 26.3 Å². The fraction of sp³-hybridized carbons (Fsp3) is 0.0526. The molecule has 0 amide bonds. The van der Waals surface area contributed by atoms with Gasteiger partial charge in [0.2, 0.25) is 0 Å². The summed E-state index contributed by atoms with van der Waals surface area (Å²) in [7, 11) is 0. The van der Waals surface area contributed by atoms with Crippen LogP contribution in [0.3, 0.4) is 0 Å². The van der Waals surface area contributed by atoms with Crippen LogP contribution in [0.4, 0.5) is 0 Å². The molecule has 0 aliphatic carbocycles. The first-order valence-corrected chi connectivity index (χ1v) is 7.11. The Morgan fingerprint density at radius 2 is 1.48 bits per heavy atom. The number of carbonyl (C=O) groups excluding carboxylic acids is 1. The third-order valence-electron chi connectivity index (χ3n) is 3.55. The summed E-state index contributed by atoms with van der Waals surface area (Å²) in [6.45, 7) is 0.171. The maximum absolute atomic E-state index is 12.0. The smallest absolute Gasteiger partial charge is 0.338 e. The lowest BCUT2D eigenvalue weighted by molar-refractivity contribution is 0.0472. The SMILES string of the molecule is O=C(O)c1ccc(C(=O)OCc2ccc3ccccc3c2)cc1. The Labute approximate surface area is 132 Å². The molecular formula is C19H14O4. The number of aromatic carboxylic acids is 1. The molecule has 4 nitrogen and oxygen atoms in total. The molecule has 0 unspecified atom stereocenters. The molecule has 1 N–H and O–H groups in total. The van der Waals surface area contributed by atoms with E-state index in [0.717, 1.165) is 16.3 Å². The highest BCUT2D eigenvalue weighted by Gasteiger charge is 2.09. The van der Waals surface area contributed by atoms with Crippen molar-refractivity contribution in [3.05, 3.63) is 83.4 Å². The minimum atomic E-state index is -1.03.